The number of rotatable bonds is 8. The van der Waals surface area contributed by atoms with Gasteiger partial charge in [-0.2, -0.15) is 0 Å². The summed E-state index contributed by atoms with van der Waals surface area (Å²) in [6.07, 6.45) is 8.44. The van der Waals surface area contributed by atoms with Crippen LogP contribution in [0.25, 0.3) is 4.85 Å². The normalized spacial score (nSPS) is 24.8. The molecule has 2 unspecified atom stereocenters. The van der Waals surface area contributed by atoms with Gasteiger partial charge in [0.15, 0.2) is 5.69 Å². The predicted octanol–water partition coefficient (Wildman–Crippen LogP) is 6.01. The minimum Gasteiger partial charge on any atom is -0.391 e. The molecule has 4 atom stereocenters. The van der Waals surface area contributed by atoms with Gasteiger partial charge in [-0.1, -0.05) is 42.3 Å². The zero-order chi connectivity index (χ0) is 27.2. The first-order chi connectivity index (χ1) is 19.0. The van der Waals surface area contributed by atoms with E-state index < -0.39 is 0 Å². The van der Waals surface area contributed by atoms with Crippen molar-refractivity contribution in [2.45, 2.75) is 69.9 Å². The number of hydrogen-bond donors (Lipinski definition) is 1. The lowest BCUT2D eigenvalue weighted by Gasteiger charge is -2.39. The summed E-state index contributed by atoms with van der Waals surface area (Å²) in [5.74, 6) is 1.02. The maximum Gasteiger partial charge on any atom is 0.269 e. The van der Waals surface area contributed by atoms with Crippen LogP contribution in [0.15, 0.2) is 53.7 Å². The van der Waals surface area contributed by atoms with Crippen LogP contribution < -0.4 is 10.2 Å². The smallest absolute Gasteiger partial charge is 0.269 e. The molecule has 2 aliphatic heterocycles. The van der Waals surface area contributed by atoms with E-state index in [0.29, 0.717) is 23.9 Å². The number of nitrogens with one attached hydrogen (secondary N) is 1. The van der Waals surface area contributed by atoms with Gasteiger partial charge in [0.05, 0.1) is 23.6 Å². The Morgan fingerprint density at radius 2 is 1.87 bits per heavy atom. The Hall–Kier alpha value is -3.93. The number of nitrogens with zero attached hydrogens (tertiary/aromatic N) is 4. The molecule has 0 spiro atoms. The van der Waals surface area contributed by atoms with Crippen LogP contribution in [0.3, 0.4) is 0 Å². The summed E-state index contributed by atoms with van der Waals surface area (Å²) in [5.41, 5.74) is 3.49. The quantitative estimate of drug-likeness (QED) is 0.256. The van der Waals surface area contributed by atoms with Crippen LogP contribution in [-0.4, -0.2) is 41.8 Å². The first-order valence-electron chi connectivity index (χ1n) is 14.0. The largest absolute Gasteiger partial charge is 0.391 e. The molecule has 1 aliphatic carbocycles. The monoisotopic (exact) mass is 529 g/mol. The molecule has 0 radical (unpaired) electrons. The predicted molar refractivity (Wildman–Crippen MR) is 150 cm³/mol. The average molecular weight is 530 g/mol. The van der Waals surface area contributed by atoms with Crippen molar-refractivity contribution in [2.75, 3.05) is 18.0 Å². The number of nitro groups is 1. The highest BCUT2D eigenvalue weighted by atomic mass is 16.6. The molecule has 2 aromatic carbocycles. The van der Waals surface area contributed by atoms with E-state index in [0.717, 1.165) is 62.2 Å². The standard InChI is InChI=1S/C30H35N5O4/c1-31-24-10-8-22(9-11-24)29-18-27(39-33-29)19-30(36)32-28-7-3-2-6-23(28)17-21-5-4-16-34(20-21)25-12-14-26(15-13-25)35(37)38/h8-15,21,23,27-28H,2-7,16-20H2,(H,32,36)/t21?,23-,27?,28+/m0/s1. The van der Waals surface area contributed by atoms with E-state index in [1.807, 2.05) is 24.3 Å². The fourth-order valence-electron chi connectivity index (χ4n) is 6.29. The van der Waals surface area contributed by atoms with Crippen LogP contribution in [0.2, 0.25) is 0 Å². The summed E-state index contributed by atoms with van der Waals surface area (Å²) in [5, 5.41) is 18.5. The fraction of sp³-hybridized carbons (Fsp3) is 0.500. The second kappa shape index (κ2) is 12.3. The van der Waals surface area contributed by atoms with Gasteiger partial charge >= 0.3 is 0 Å². The Kier molecular flexibility index (Phi) is 8.40. The van der Waals surface area contributed by atoms with Gasteiger partial charge in [0, 0.05) is 43.4 Å². The number of non-ortho nitro benzene ring substituents is 1. The molecule has 39 heavy (non-hydrogen) atoms. The molecule has 5 rings (SSSR count). The molecule has 1 saturated heterocycles. The lowest BCUT2D eigenvalue weighted by molar-refractivity contribution is -0.384. The van der Waals surface area contributed by atoms with E-state index in [-0.39, 0.29) is 35.1 Å². The highest BCUT2D eigenvalue weighted by Crippen LogP contribution is 2.34. The van der Waals surface area contributed by atoms with Crippen LogP contribution in [-0.2, 0) is 9.63 Å². The lowest BCUT2D eigenvalue weighted by Crippen LogP contribution is -2.45. The fourth-order valence-corrected chi connectivity index (χ4v) is 6.29. The first kappa shape index (κ1) is 26.7. The molecule has 2 aromatic rings. The van der Waals surface area contributed by atoms with Gasteiger partial charge < -0.3 is 15.1 Å². The lowest BCUT2D eigenvalue weighted by atomic mass is 9.77. The molecule has 2 heterocycles. The molecule has 3 aliphatic rings. The van der Waals surface area contributed by atoms with Crippen molar-refractivity contribution in [1.29, 1.82) is 0 Å². The summed E-state index contributed by atoms with van der Waals surface area (Å²) >= 11 is 0. The number of carbonyl (C=O) groups excluding carboxylic acids is 1. The maximum atomic E-state index is 13.0. The van der Waals surface area contributed by atoms with E-state index in [9.17, 15) is 14.9 Å². The first-order valence-corrected chi connectivity index (χ1v) is 14.0. The molecule has 2 fully saturated rings. The summed E-state index contributed by atoms with van der Waals surface area (Å²) in [7, 11) is 0. The van der Waals surface area contributed by atoms with Crippen LogP contribution in [0.1, 0.15) is 63.4 Å². The molecule has 204 valence electrons. The van der Waals surface area contributed by atoms with Crippen LogP contribution >= 0.6 is 0 Å². The third-order valence-electron chi connectivity index (χ3n) is 8.31. The van der Waals surface area contributed by atoms with Crippen molar-refractivity contribution in [1.82, 2.24) is 5.32 Å². The van der Waals surface area contributed by atoms with Crippen molar-refractivity contribution in [3.8, 4) is 0 Å². The Bertz CT molecular complexity index is 1240. The molecule has 1 amide bonds. The second-order valence-electron chi connectivity index (χ2n) is 11.0. The van der Waals surface area contributed by atoms with Crippen molar-refractivity contribution in [3.05, 3.63) is 75.6 Å². The number of nitro benzene ring substituents is 1. The number of hydrogen-bond acceptors (Lipinski definition) is 6. The van der Waals surface area contributed by atoms with Gasteiger partial charge in [0.2, 0.25) is 5.91 Å². The number of piperidine rings is 1. The molecule has 1 saturated carbocycles. The summed E-state index contributed by atoms with van der Waals surface area (Å²) in [6.45, 7) is 9.00. The molecular formula is C30H35N5O4. The Balaban J connectivity index is 1.12. The van der Waals surface area contributed by atoms with Crippen molar-refractivity contribution >= 4 is 28.7 Å². The molecule has 0 aromatic heterocycles. The topological polar surface area (TPSA) is 101 Å². The highest BCUT2D eigenvalue weighted by Gasteiger charge is 2.32. The van der Waals surface area contributed by atoms with E-state index in [1.54, 1.807) is 24.3 Å². The Morgan fingerprint density at radius 1 is 1.10 bits per heavy atom. The van der Waals surface area contributed by atoms with E-state index in [1.165, 1.54) is 12.8 Å². The van der Waals surface area contributed by atoms with Crippen LogP contribution in [0, 0.1) is 28.5 Å². The summed E-state index contributed by atoms with van der Waals surface area (Å²) < 4.78 is 0. The van der Waals surface area contributed by atoms with Crippen LogP contribution in [0.5, 0.6) is 0 Å². The SMILES string of the molecule is [C-]#[N+]c1ccc(C2=NOC(CC(=O)N[C@@H]3CCCC[C@H]3CC3CCCN(c4ccc([N+](=O)[O-])cc4)C3)C2)cc1. The Labute approximate surface area is 229 Å². The zero-order valence-electron chi connectivity index (χ0n) is 22.1. The minimum absolute atomic E-state index is 0.0212. The van der Waals surface area contributed by atoms with Crippen molar-refractivity contribution in [3.63, 3.8) is 0 Å². The third kappa shape index (κ3) is 6.75. The number of amides is 1. The maximum absolute atomic E-state index is 13.0. The second-order valence-corrected chi connectivity index (χ2v) is 11.0. The van der Waals surface area contributed by atoms with Crippen molar-refractivity contribution in [2.24, 2.45) is 17.0 Å². The molecule has 9 heteroatoms. The number of anilines is 1. The summed E-state index contributed by atoms with van der Waals surface area (Å²) in [6, 6.07) is 14.3. The van der Waals surface area contributed by atoms with E-state index >= 15 is 0 Å². The average Bonchev–Trinajstić information content (AvgIpc) is 3.42. The molecule has 0 bridgehead atoms. The minimum atomic E-state index is -0.360. The van der Waals surface area contributed by atoms with Crippen molar-refractivity contribution < 1.29 is 14.6 Å². The Morgan fingerprint density at radius 3 is 2.62 bits per heavy atom. The van der Waals surface area contributed by atoms with Gasteiger partial charge in [0.1, 0.15) is 6.10 Å². The van der Waals surface area contributed by atoms with Gasteiger partial charge in [-0.25, -0.2) is 4.85 Å². The van der Waals surface area contributed by atoms with Crippen LogP contribution in [0.4, 0.5) is 17.1 Å². The molecular weight excluding hydrogens is 494 g/mol. The van der Waals surface area contributed by atoms with Gasteiger partial charge in [0.25, 0.3) is 5.69 Å². The third-order valence-corrected chi connectivity index (χ3v) is 8.31. The van der Waals surface area contributed by atoms with Gasteiger partial charge in [-0.15, -0.1) is 0 Å². The summed E-state index contributed by atoms with van der Waals surface area (Å²) in [4.78, 5) is 35.0. The number of carbonyl (C=O) groups is 1. The van der Waals surface area contributed by atoms with Gasteiger partial charge in [-0.3, -0.25) is 14.9 Å². The highest BCUT2D eigenvalue weighted by molar-refractivity contribution is 6.01. The molecule has 1 N–H and O–H groups in total. The van der Waals surface area contributed by atoms with E-state index in [2.05, 4.69) is 20.2 Å². The van der Waals surface area contributed by atoms with Gasteiger partial charge in [-0.05, 0) is 61.6 Å². The molecule has 9 nitrogen and oxygen atoms in total. The number of oxime groups is 1. The van der Waals surface area contributed by atoms with E-state index in [4.69, 9.17) is 11.4 Å². The zero-order valence-corrected chi connectivity index (χ0v) is 22.1. The number of benzene rings is 2.